The number of nitrogens with zero attached hydrogens (tertiary/aromatic N) is 1. The maximum Gasteiger partial charge on any atom is 0.357 e. The summed E-state index contributed by atoms with van der Waals surface area (Å²) in [4.78, 5) is 37.2. The molecule has 0 fully saturated rings. The van der Waals surface area contributed by atoms with Gasteiger partial charge in [-0.3, -0.25) is 19.9 Å². The van der Waals surface area contributed by atoms with Crippen LogP contribution in [-0.4, -0.2) is 28.1 Å². The third-order valence-electron chi connectivity index (χ3n) is 3.66. The van der Waals surface area contributed by atoms with E-state index in [2.05, 4.69) is 4.98 Å². The molecule has 2 N–H and O–H groups in total. The summed E-state index contributed by atoms with van der Waals surface area (Å²) in [7, 11) is 1.51. The summed E-state index contributed by atoms with van der Waals surface area (Å²) in [5.41, 5.74) is -2.16. The van der Waals surface area contributed by atoms with Crippen LogP contribution in [-0.2, 0) is 0 Å². The van der Waals surface area contributed by atoms with E-state index in [1.165, 1.54) is 19.3 Å². The molecule has 0 bridgehead atoms. The molecular formula is C17H19N3O6. The Bertz CT molecular complexity index is 944. The van der Waals surface area contributed by atoms with Crippen molar-refractivity contribution in [3.8, 4) is 11.5 Å². The number of hydrogen-bond acceptors (Lipinski definition) is 6. The molecular weight excluding hydrogens is 342 g/mol. The smallest absolute Gasteiger partial charge is 0.357 e. The zero-order valence-electron chi connectivity index (χ0n) is 14.6. The second-order valence-corrected chi connectivity index (χ2v) is 5.51. The van der Waals surface area contributed by atoms with Crippen molar-refractivity contribution in [2.75, 3.05) is 7.11 Å². The molecule has 9 heteroatoms. The molecule has 9 nitrogen and oxygen atoms in total. The lowest BCUT2D eigenvalue weighted by Gasteiger charge is -2.15. The minimum atomic E-state index is -1.06. The third-order valence-corrected chi connectivity index (χ3v) is 3.66. The summed E-state index contributed by atoms with van der Waals surface area (Å²) in [5.74, 6) is 1.08. The lowest BCUT2D eigenvalue weighted by atomic mass is 10.1. The lowest BCUT2D eigenvalue weighted by Crippen LogP contribution is -2.25. The summed E-state index contributed by atoms with van der Waals surface area (Å²) < 4.78 is 11.1. The standard InChI is InChI=1S/C17H19N3O6/c1-4-10(2)26-13-8-6-11(9-14(13)25-3)5-7-12-15(20(23)24)16(21)19-17(22)18-12/h5-10H,4H2,1-3H3,(H2,18,19,21,22)/b7-5+/t10-/m0/s1. The van der Waals surface area contributed by atoms with Gasteiger partial charge in [0.2, 0.25) is 0 Å². The normalized spacial score (nSPS) is 12.1. The van der Waals surface area contributed by atoms with Gasteiger partial charge in [-0.05, 0) is 37.1 Å². The monoisotopic (exact) mass is 361 g/mol. The fraction of sp³-hybridized carbons (Fsp3) is 0.294. The maximum atomic E-state index is 11.6. The van der Waals surface area contributed by atoms with Gasteiger partial charge in [0.1, 0.15) is 5.69 Å². The average Bonchev–Trinajstić information content (AvgIpc) is 2.59. The van der Waals surface area contributed by atoms with Crippen LogP contribution in [0.3, 0.4) is 0 Å². The van der Waals surface area contributed by atoms with E-state index in [1.54, 1.807) is 18.2 Å². The number of ether oxygens (including phenoxy) is 2. The minimum absolute atomic E-state index is 0.0223. The number of rotatable bonds is 7. The second kappa shape index (κ2) is 8.15. The fourth-order valence-electron chi connectivity index (χ4n) is 2.16. The highest BCUT2D eigenvalue weighted by Crippen LogP contribution is 2.30. The molecule has 0 spiro atoms. The fourth-order valence-corrected chi connectivity index (χ4v) is 2.16. The number of H-pyrrole nitrogens is 2. The van der Waals surface area contributed by atoms with E-state index >= 15 is 0 Å². The molecule has 26 heavy (non-hydrogen) atoms. The first kappa shape index (κ1) is 19.0. The SMILES string of the molecule is CC[C@H](C)Oc1ccc(/C=C/c2[nH]c(=O)[nH]c(=O)c2[N+](=O)[O-])cc1OC. The van der Waals surface area contributed by atoms with Crippen LogP contribution in [0.1, 0.15) is 31.5 Å². The largest absolute Gasteiger partial charge is 0.493 e. The molecule has 0 amide bonds. The second-order valence-electron chi connectivity index (χ2n) is 5.51. The molecule has 1 aromatic carbocycles. The highest BCUT2D eigenvalue weighted by molar-refractivity contribution is 5.72. The first-order valence-corrected chi connectivity index (χ1v) is 7.89. The Morgan fingerprint density at radius 1 is 1.23 bits per heavy atom. The number of hydrogen-bond donors (Lipinski definition) is 2. The summed E-state index contributed by atoms with van der Waals surface area (Å²) >= 11 is 0. The molecule has 0 aliphatic carbocycles. The predicted molar refractivity (Wildman–Crippen MR) is 96.6 cm³/mol. The minimum Gasteiger partial charge on any atom is -0.493 e. The highest BCUT2D eigenvalue weighted by Gasteiger charge is 2.18. The Hall–Kier alpha value is -3.36. The van der Waals surface area contributed by atoms with Crippen molar-refractivity contribution in [1.29, 1.82) is 0 Å². The summed E-state index contributed by atoms with van der Waals surface area (Å²) in [6.07, 6.45) is 3.67. The molecule has 0 saturated heterocycles. The van der Waals surface area contributed by atoms with Crippen molar-refractivity contribution in [3.05, 3.63) is 60.4 Å². The van der Waals surface area contributed by atoms with Gasteiger partial charge >= 0.3 is 16.9 Å². The Morgan fingerprint density at radius 2 is 1.96 bits per heavy atom. The first-order chi connectivity index (χ1) is 12.3. The molecule has 0 aliphatic heterocycles. The van der Waals surface area contributed by atoms with E-state index in [4.69, 9.17) is 9.47 Å². The molecule has 0 unspecified atom stereocenters. The third kappa shape index (κ3) is 4.38. The van der Waals surface area contributed by atoms with Gasteiger partial charge in [0.05, 0.1) is 18.1 Å². The maximum absolute atomic E-state index is 11.6. The van der Waals surface area contributed by atoms with E-state index < -0.39 is 21.9 Å². The topological polar surface area (TPSA) is 127 Å². The van der Waals surface area contributed by atoms with Gasteiger partial charge in [-0.15, -0.1) is 0 Å². The van der Waals surface area contributed by atoms with E-state index in [9.17, 15) is 19.7 Å². The summed E-state index contributed by atoms with van der Waals surface area (Å²) in [5, 5.41) is 11.0. The number of aromatic amines is 2. The average molecular weight is 361 g/mol. The van der Waals surface area contributed by atoms with Crippen LogP contribution in [0, 0.1) is 10.1 Å². The van der Waals surface area contributed by atoms with Crippen LogP contribution in [0.2, 0.25) is 0 Å². The molecule has 0 saturated carbocycles. The Labute approximate surface area is 148 Å². The Balaban J connectivity index is 2.39. The summed E-state index contributed by atoms with van der Waals surface area (Å²) in [6, 6.07) is 5.14. The van der Waals surface area contributed by atoms with E-state index in [-0.39, 0.29) is 11.8 Å². The molecule has 1 atom stereocenters. The zero-order valence-corrected chi connectivity index (χ0v) is 14.6. The molecule has 2 rings (SSSR count). The van der Waals surface area contributed by atoms with Crippen molar-refractivity contribution in [3.63, 3.8) is 0 Å². The zero-order chi connectivity index (χ0) is 19.3. The molecule has 138 valence electrons. The van der Waals surface area contributed by atoms with Gasteiger partial charge < -0.3 is 14.5 Å². The predicted octanol–water partition coefficient (Wildman–Crippen LogP) is 2.33. The van der Waals surface area contributed by atoms with Gasteiger partial charge in [0.15, 0.2) is 11.5 Å². The van der Waals surface area contributed by atoms with E-state index in [0.29, 0.717) is 17.1 Å². The Morgan fingerprint density at radius 3 is 2.58 bits per heavy atom. The van der Waals surface area contributed by atoms with Gasteiger partial charge in [-0.1, -0.05) is 19.1 Å². The van der Waals surface area contributed by atoms with Crippen molar-refractivity contribution in [1.82, 2.24) is 9.97 Å². The number of nitro groups is 1. The van der Waals surface area contributed by atoms with E-state index in [0.717, 1.165) is 6.42 Å². The van der Waals surface area contributed by atoms with Crippen LogP contribution >= 0.6 is 0 Å². The van der Waals surface area contributed by atoms with Crippen molar-refractivity contribution >= 4 is 17.8 Å². The Kier molecular flexibility index (Phi) is 5.94. The first-order valence-electron chi connectivity index (χ1n) is 7.89. The number of benzene rings is 1. The molecule has 0 radical (unpaired) electrons. The molecule has 1 heterocycles. The van der Waals surface area contributed by atoms with Crippen molar-refractivity contribution < 1.29 is 14.4 Å². The highest BCUT2D eigenvalue weighted by atomic mass is 16.6. The number of aromatic nitrogens is 2. The van der Waals surface area contributed by atoms with Gasteiger partial charge in [0.25, 0.3) is 0 Å². The van der Waals surface area contributed by atoms with E-state index in [1.807, 2.05) is 18.8 Å². The lowest BCUT2D eigenvalue weighted by molar-refractivity contribution is -0.386. The van der Waals surface area contributed by atoms with Crippen molar-refractivity contribution in [2.45, 2.75) is 26.4 Å². The molecule has 2 aromatic rings. The van der Waals surface area contributed by atoms with Gasteiger partial charge in [-0.2, -0.15) is 0 Å². The van der Waals surface area contributed by atoms with Crippen LogP contribution in [0.5, 0.6) is 11.5 Å². The number of nitrogens with one attached hydrogen (secondary N) is 2. The van der Waals surface area contributed by atoms with Crippen LogP contribution < -0.4 is 20.7 Å². The van der Waals surface area contributed by atoms with Crippen molar-refractivity contribution in [2.24, 2.45) is 0 Å². The summed E-state index contributed by atoms with van der Waals surface area (Å²) in [6.45, 7) is 3.94. The molecule has 1 aromatic heterocycles. The molecule has 0 aliphatic rings. The van der Waals surface area contributed by atoms with Crippen LogP contribution in [0.15, 0.2) is 27.8 Å². The van der Waals surface area contributed by atoms with Crippen LogP contribution in [0.25, 0.3) is 12.2 Å². The van der Waals surface area contributed by atoms with Gasteiger partial charge in [-0.25, -0.2) is 4.79 Å². The van der Waals surface area contributed by atoms with Crippen LogP contribution in [0.4, 0.5) is 5.69 Å². The van der Waals surface area contributed by atoms with Gasteiger partial charge in [0, 0.05) is 0 Å². The number of methoxy groups -OCH3 is 1. The quantitative estimate of drug-likeness (QED) is 0.575.